The maximum absolute atomic E-state index is 12.3. The first kappa shape index (κ1) is 10.5. The fraction of sp³-hybridized carbons (Fsp3) is 0.231. The maximum Gasteiger partial charge on any atom is 0.317 e. The fourth-order valence-electron chi connectivity index (χ4n) is 2.07. The molecule has 3 nitrogen and oxygen atoms in total. The molecule has 0 radical (unpaired) electrons. The van der Waals surface area contributed by atoms with E-state index < -0.39 is 11.4 Å². The van der Waals surface area contributed by atoms with E-state index in [4.69, 9.17) is 5.11 Å². The third-order valence-corrected chi connectivity index (χ3v) is 4.28. The van der Waals surface area contributed by atoms with Crippen molar-refractivity contribution in [3.63, 3.8) is 0 Å². The topological polar surface area (TPSA) is 54.4 Å². The molecule has 1 fully saturated rings. The summed E-state index contributed by atoms with van der Waals surface area (Å²) >= 11 is 1.48. The molecule has 2 aromatic rings. The second-order valence-electron chi connectivity index (χ2n) is 4.36. The molecule has 1 aromatic carbocycles. The lowest BCUT2D eigenvalue weighted by atomic mass is 9.94. The number of benzene rings is 1. The normalized spacial score (nSPS) is 16.9. The minimum Gasteiger partial charge on any atom is -0.480 e. The van der Waals surface area contributed by atoms with Crippen LogP contribution in [0, 0.1) is 5.41 Å². The van der Waals surface area contributed by atoms with Gasteiger partial charge >= 0.3 is 5.97 Å². The summed E-state index contributed by atoms with van der Waals surface area (Å²) in [4.78, 5) is 23.4. The van der Waals surface area contributed by atoms with Crippen LogP contribution in [-0.2, 0) is 4.79 Å². The standard InChI is InChI=1S/C13H10O3S/c14-11(13(5-6-13)12(15)16)9-7-17-10-4-2-1-3-8(9)10/h1-4,7H,5-6H2,(H,15,16). The van der Waals surface area contributed by atoms with E-state index in [0.29, 0.717) is 18.4 Å². The van der Waals surface area contributed by atoms with Crippen LogP contribution in [0.4, 0.5) is 0 Å². The molecule has 0 aliphatic heterocycles. The Morgan fingerprint density at radius 2 is 1.94 bits per heavy atom. The van der Waals surface area contributed by atoms with Gasteiger partial charge in [-0.2, -0.15) is 0 Å². The number of Topliss-reactive ketones (excluding diaryl/α,β-unsaturated/α-hetero) is 1. The summed E-state index contributed by atoms with van der Waals surface area (Å²) in [5.74, 6) is -1.22. The average Bonchev–Trinajstić information content (AvgIpc) is 3.03. The number of carbonyl (C=O) groups excluding carboxylic acids is 1. The van der Waals surface area contributed by atoms with Crippen LogP contribution < -0.4 is 0 Å². The summed E-state index contributed by atoms with van der Waals surface area (Å²) in [6, 6.07) is 7.59. The molecule has 0 saturated heterocycles. The molecule has 1 aliphatic rings. The van der Waals surface area contributed by atoms with E-state index in [1.54, 1.807) is 5.38 Å². The van der Waals surface area contributed by atoms with Gasteiger partial charge in [-0.05, 0) is 18.9 Å². The number of carboxylic acid groups (broad SMARTS) is 1. The van der Waals surface area contributed by atoms with Crippen molar-refractivity contribution in [3.05, 3.63) is 35.2 Å². The highest BCUT2D eigenvalue weighted by Crippen LogP contribution is 2.49. The largest absolute Gasteiger partial charge is 0.480 e. The lowest BCUT2D eigenvalue weighted by molar-refractivity contribution is -0.141. The number of hydrogen-bond acceptors (Lipinski definition) is 3. The zero-order chi connectivity index (χ0) is 12.0. The number of hydrogen-bond donors (Lipinski definition) is 1. The van der Waals surface area contributed by atoms with E-state index in [9.17, 15) is 9.59 Å². The van der Waals surface area contributed by atoms with E-state index in [1.165, 1.54) is 11.3 Å². The van der Waals surface area contributed by atoms with Crippen LogP contribution in [0.25, 0.3) is 10.1 Å². The monoisotopic (exact) mass is 246 g/mol. The van der Waals surface area contributed by atoms with Gasteiger partial charge in [0.2, 0.25) is 0 Å². The smallest absolute Gasteiger partial charge is 0.317 e. The summed E-state index contributed by atoms with van der Waals surface area (Å²) in [6.45, 7) is 0. The van der Waals surface area contributed by atoms with Crippen LogP contribution in [0.5, 0.6) is 0 Å². The first-order valence-electron chi connectivity index (χ1n) is 5.39. The number of rotatable bonds is 3. The SMILES string of the molecule is O=C(O)C1(C(=O)c2csc3ccccc23)CC1. The highest BCUT2D eigenvalue weighted by Gasteiger charge is 2.57. The van der Waals surface area contributed by atoms with Crippen LogP contribution in [0.15, 0.2) is 29.6 Å². The van der Waals surface area contributed by atoms with Gasteiger partial charge in [0, 0.05) is 21.0 Å². The zero-order valence-corrected chi connectivity index (χ0v) is 9.79. The van der Waals surface area contributed by atoms with E-state index >= 15 is 0 Å². The minimum absolute atomic E-state index is 0.234. The van der Waals surface area contributed by atoms with Gasteiger partial charge < -0.3 is 5.11 Å². The Balaban J connectivity index is 2.11. The molecule has 3 rings (SSSR count). The predicted octanol–water partition coefficient (Wildman–Crippen LogP) is 2.95. The summed E-state index contributed by atoms with van der Waals surface area (Å²) in [5, 5.41) is 11.8. The maximum atomic E-state index is 12.3. The highest BCUT2D eigenvalue weighted by atomic mass is 32.1. The Morgan fingerprint density at radius 1 is 1.24 bits per heavy atom. The van der Waals surface area contributed by atoms with E-state index in [1.807, 2.05) is 24.3 Å². The van der Waals surface area contributed by atoms with Gasteiger partial charge in [-0.15, -0.1) is 11.3 Å². The van der Waals surface area contributed by atoms with Gasteiger partial charge in [0.15, 0.2) is 5.78 Å². The summed E-state index contributed by atoms with van der Waals surface area (Å²) < 4.78 is 1.03. The number of thiophene rings is 1. The van der Waals surface area contributed by atoms with Crippen molar-refractivity contribution >= 4 is 33.2 Å². The molecule has 17 heavy (non-hydrogen) atoms. The van der Waals surface area contributed by atoms with Gasteiger partial charge in [0.05, 0.1) is 0 Å². The number of ketones is 1. The molecule has 0 atom stereocenters. The Bertz CT molecular complexity index is 622. The minimum atomic E-state index is -1.14. The summed E-state index contributed by atoms with van der Waals surface area (Å²) in [5.41, 5.74) is -0.574. The molecule has 1 N–H and O–H groups in total. The Hall–Kier alpha value is -1.68. The third kappa shape index (κ3) is 1.41. The fourth-order valence-corrected chi connectivity index (χ4v) is 3.02. The van der Waals surface area contributed by atoms with Crippen LogP contribution in [0.1, 0.15) is 23.2 Å². The second kappa shape index (κ2) is 3.40. The summed E-state index contributed by atoms with van der Waals surface area (Å²) in [7, 11) is 0. The number of aliphatic carboxylic acids is 1. The molecule has 0 spiro atoms. The number of carbonyl (C=O) groups is 2. The van der Waals surface area contributed by atoms with Crippen LogP contribution in [0.2, 0.25) is 0 Å². The highest BCUT2D eigenvalue weighted by molar-refractivity contribution is 7.17. The van der Waals surface area contributed by atoms with Crippen molar-refractivity contribution in [1.82, 2.24) is 0 Å². The van der Waals surface area contributed by atoms with Crippen molar-refractivity contribution < 1.29 is 14.7 Å². The first-order chi connectivity index (χ1) is 8.15. The molecule has 0 bridgehead atoms. The van der Waals surface area contributed by atoms with Gasteiger partial charge in [0.1, 0.15) is 5.41 Å². The van der Waals surface area contributed by atoms with E-state index in [2.05, 4.69) is 0 Å². The molecular weight excluding hydrogens is 236 g/mol. The molecule has 0 unspecified atom stereocenters. The van der Waals surface area contributed by atoms with Gasteiger partial charge in [-0.3, -0.25) is 9.59 Å². The van der Waals surface area contributed by atoms with Crippen molar-refractivity contribution in [2.45, 2.75) is 12.8 Å². The average molecular weight is 246 g/mol. The van der Waals surface area contributed by atoms with Gasteiger partial charge in [0.25, 0.3) is 0 Å². The van der Waals surface area contributed by atoms with Crippen LogP contribution in [0.3, 0.4) is 0 Å². The summed E-state index contributed by atoms with van der Waals surface area (Å²) in [6.07, 6.45) is 0.927. The van der Waals surface area contributed by atoms with E-state index in [0.717, 1.165) is 10.1 Å². The van der Waals surface area contributed by atoms with Gasteiger partial charge in [-0.25, -0.2) is 0 Å². The molecule has 1 aromatic heterocycles. The lowest BCUT2D eigenvalue weighted by Crippen LogP contribution is -2.25. The zero-order valence-electron chi connectivity index (χ0n) is 8.97. The third-order valence-electron chi connectivity index (χ3n) is 3.32. The molecule has 1 aliphatic carbocycles. The first-order valence-corrected chi connectivity index (χ1v) is 6.27. The quantitative estimate of drug-likeness (QED) is 0.669. The molecule has 1 heterocycles. The molecule has 86 valence electrons. The van der Waals surface area contributed by atoms with Crippen LogP contribution >= 0.6 is 11.3 Å². The molecular formula is C13H10O3S. The van der Waals surface area contributed by atoms with Crippen molar-refractivity contribution in [2.75, 3.05) is 0 Å². The van der Waals surface area contributed by atoms with Crippen LogP contribution in [-0.4, -0.2) is 16.9 Å². The van der Waals surface area contributed by atoms with Crippen molar-refractivity contribution in [2.24, 2.45) is 5.41 Å². The second-order valence-corrected chi connectivity index (χ2v) is 5.27. The number of carboxylic acids is 1. The van der Waals surface area contributed by atoms with Gasteiger partial charge in [-0.1, -0.05) is 18.2 Å². The lowest BCUT2D eigenvalue weighted by Gasteiger charge is -2.07. The molecule has 1 saturated carbocycles. The predicted molar refractivity (Wildman–Crippen MR) is 65.5 cm³/mol. The Morgan fingerprint density at radius 3 is 2.59 bits per heavy atom. The van der Waals surface area contributed by atoms with Crippen molar-refractivity contribution in [3.8, 4) is 0 Å². The van der Waals surface area contributed by atoms with E-state index in [-0.39, 0.29) is 5.78 Å². The number of fused-ring (bicyclic) bond motifs is 1. The molecule has 0 amide bonds. The van der Waals surface area contributed by atoms with Crippen molar-refractivity contribution in [1.29, 1.82) is 0 Å². The Labute approximate surface area is 102 Å². The Kier molecular flexibility index (Phi) is 2.10. The molecule has 4 heteroatoms.